The van der Waals surface area contributed by atoms with Crippen LogP contribution in [0.5, 0.6) is 0 Å². The maximum atomic E-state index is 5.53. The van der Waals surface area contributed by atoms with Crippen molar-refractivity contribution in [1.82, 2.24) is 4.90 Å². The van der Waals surface area contributed by atoms with E-state index < -0.39 is 0 Å². The zero-order valence-electron chi connectivity index (χ0n) is 8.60. The Morgan fingerprint density at radius 3 is 2.15 bits per heavy atom. The first-order valence-corrected chi connectivity index (χ1v) is 5.42. The van der Waals surface area contributed by atoms with Gasteiger partial charge >= 0.3 is 0 Å². The van der Waals surface area contributed by atoms with Gasteiger partial charge in [-0.05, 0) is 31.5 Å². The van der Waals surface area contributed by atoms with Gasteiger partial charge in [-0.15, -0.1) is 0 Å². The second-order valence-corrected chi connectivity index (χ2v) is 4.00. The number of hydrogen-bond donors (Lipinski definition) is 1. The van der Waals surface area contributed by atoms with E-state index >= 15 is 0 Å². The van der Waals surface area contributed by atoms with Gasteiger partial charge in [0, 0.05) is 13.1 Å². The monoisotopic (exact) mass is 182 g/mol. The highest BCUT2D eigenvalue weighted by molar-refractivity contribution is 4.98. The Morgan fingerprint density at radius 1 is 1.08 bits per heavy atom. The van der Waals surface area contributed by atoms with Crippen molar-refractivity contribution >= 4 is 0 Å². The molecule has 0 amide bonds. The van der Waals surface area contributed by atoms with Crippen molar-refractivity contribution in [2.45, 2.75) is 32.1 Å². The van der Waals surface area contributed by atoms with Crippen LogP contribution in [0, 0.1) is 0 Å². The highest BCUT2D eigenvalue weighted by Crippen LogP contribution is 2.10. The summed E-state index contributed by atoms with van der Waals surface area (Å²) in [6.45, 7) is 8.07. The zero-order chi connectivity index (χ0) is 9.52. The molecule has 0 aromatic carbocycles. The maximum absolute atomic E-state index is 5.53. The molecule has 0 saturated carbocycles. The smallest absolute Gasteiger partial charge is 0.0202 e. The fourth-order valence-corrected chi connectivity index (χ4v) is 1.85. The molecule has 0 aromatic rings. The van der Waals surface area contributed by atoms with Gasteiger partial charge in [0.2, 0.25) is 0 Å². The maximum Gasteiger partial charge on any atom is 0.0202 e. The molecule has 13 heavy (non-hydrogen) atoms. The molecule has 0 aromatic heterocycles. The fraction of sp³-hybridized carbons (Fsp3) is 0.818. The van der Waals surface area contributed by atoms with Crippen molar-refractivity contribution < 1.29 is 0 Å². The molecule has 0 unspecified atom stereocenters. The molecule has 1 fully saturated rings. The Bertz CT molecular complexity index is 146. The lowest BCUT2D eigenvalue weighted by Gasteiger charge is -2.24. The quantitative estimate of drug-likeness (QED) is 0.674. The third-order valence-electron chi connectivity index (χ3n) is 2.68. The van der Waals surface area contributed by atoms with E-state index in [0.717, 1.165) is 6.54 Å². The number of nitrogens with zero attached hydrogens (tertiary/aromatic N) is 1. The average Bonchev–Trinajstić information content (AvgIpc) is 2.09. The molecule has 1 saturated heterocycles. The van der Waals surface area contributed by atoms with E-state index in [1.54, 1.807) is 0 Å². The van der Waals surface area contributed by atoms with Crippen LogP contribution in [0.1, 0.15) is 32.1 Å². The highest BCUT2D eigenvalue weighted by atomic mass is 15.1. The largest absolute Gasteiger partial charge is 0.327 e. The van der Waals surface area contributed by atoms with Gasteiger partial charge in [0.15, 0.2) is 0 Å². The van der Waals surface area contributed by atoms with Gasteiger partial charge in [-0.2, -0.15) is 0 Å². The summed E-state index contributed by atoms with van der Waals surface area (Å²) in [4.78, 5) is 2.49. The average molecular weight is 182 g/mol. The number of likely N-dealkylation sites (tertiary alicyclic amines) is 1. The molecular weight excluding hydrogens is 160 g/mol. The summed E-state index contributed by atoms with van der Waals surface area (Å²) in [6.07, 6.45) is 6.90. The molecular formula is C11H22N2. The Balaban J connectivity index is 2.25. The molecule has 0 aliphatic carbocycles. The van der Waals surface area contributed by atoms with Crippen molar-refractivity contribution in [3.63, 3.8) is 0 Å². The summed E-state index contributed by atoms with van der Waals surface area (Å²) in [7, 11) is 0. The van der Waals surface area contributed by atoms with E-state index in [1.165, 1.54) is 50.8 Å². The predicted octanol–water partition coefficient (Wildman–Crippen LogP) is 1.77. The third-order valence-corrected chi connectivity index (χ3v) is 2.68. The molecule has 0 atom stereocenters. The van der Waals surface area contributed by atoms with Gasteiger partial charge in [-0.25, -0.2) is 0 Å². The summed E-state index contributed by atoms with van der Waals surface area (Å²) in [5.41, 5.74) is 6.70. The summed E-state index contributed by atoms with van der Waals surface area (Å²) < 4.78 is 0. The molecule has 2 N–H and O–H groups in total. The van der Waals surface area contributed by atoms with Crippen LogP contribution in [0.3, 0.4) is 0 Å². The lowest BCUT2D eigenvalue weighted by Crippen LogP contribution is -2.30. The van der Waals surface area contributed by atoms with Crippen LogP contribution in [-0.4, -0.2) is 31.1 Å². The van der Waals surface area contributed by atoms with E-state index in [-0.39, 0.29) is 0 Å². The number of nitrogens with two attached hydrogens (primary N) is 1. The number of rotatable bonds is 3. The molecule has 0 radical (unpaired) electrons. The van der Waals surface area contributed by atoms with Crippen LogP contribution in [0.4, 0.5) is 0 Å². The minimum atomic E-state index is 0.635. The Morgan fingerprint density at radius 2 is 1.62 bits per heavy atom. The van der Waals surface area contributed by atoms with Gasteiger partial charge in [-0.1, -0.05) is 25.8 Å². The van der Waals surface area contributed by atoms with Crippen LogP contribution in [0.2, 0.25) is 0 Å². The lowest BCUT2D eigenvalue weighted by atomic mass is 10.1. The standard InChI is InChI=1S/C11H22N2/c1-11(9-12)10-13-7-5-3-2-4-6-8-13/h1-10,12H2. The summed E-state index contributed by atoms with van der Waals surface area (Å²) in [6, 6.07) is 0. The van der Waals surface area contributed by atoms with Crippen LogP contribution in [0.25, 0.3) is 0 Å². The first-order chi connectivity index (χ1) is 6.33. The molecule has 0 bridgehead atoms. The lowest BCUT2D eigenvalue weighted by molar-refractivity contribution is 0.265. The minimum absolute atomic E-state index is 0.635. The van der Waals surface area contributed by atoms with Gasteiger partial charge in [0.05, 0.1) is 0 Å². The van der Waals surface area contributed by atoms with E-state index in [4.69, 9.17) is 5.73 Å². The van der Waals surface area contributed by atoms with Gasteiger partial charge in [-0.3, -0.25) is 4.90 Å². The van der Waals surface area contributed by atoms with Crippen molar-refractivity contribution in [1.29, 1.82) is 0 Å². The summed E-state index contributed by atoms with van der Waals surface area (Å²) >= 11 is 0. The van der Waals surface area contributed by atoms with E-state index in [1.807, 2.05) is 0 Å². The van der Waals surface area contributed by atoms with Crippen molar-refractivity contribution in [3.05, 3.63) is 12.2 Å². The zero-order valence-corrected chi connectivity index (χ0v) is 8.60. The molecule has 1 aliphatic heterocycles. The third kappa shape index (κ3) is 4.44. The van der Waals surface area contributed by atoms with Crippen molar-refractivity contribution in [3.8, 4) is 0 Å². The molecule has 1 heterocycles. The molecule has 2 nitrogen and oxygen atoms in total. The Hall–Kier alpha value is -0.340. The number of hydrogen-bond acceptors (Lipinski definition) is 2. The van der Waals surface area contributed by atoms with Gasteiger partial charge in [0.1, 0.15) is 0 Å². The van der Waals surface area contributed by atoms with E-state index in [2.05, 4.69) is 11.5 Å². The topological polar surface area (TPSA) is 29.3 Å². The molecule has 1 aliphatic rings. The van der Waals surface area contributed by atoms with Crippen LogP contribution in [0.15, 0.2) is 12.2 Å². The van der Waals surface area contributed by atoms with E-state index in [9.17, 15) is 0 Å². The second kappa shape index (κ2) is 6.17. The fourth-order valence-electron chi connectivity index (χ4n) is 1.85. The van der Waals surface area contributed by atoms with Crippen LogP contribution < -0.4 is 5.73 Å². The molecule has 76 valence electrons. The van der Waals surface area contributed by atoms with Gasteiger partial charge < -0.3 is 5.73 Å². The SMILES string of the molecule is C=C(CN)CN1CCCCCCC1. The molecule has 0 spiro atoms. The normalized spacial score (nSPS) is 20.7. The first kappa shape index (κ1) is 10.7. The van der Waals surface area contributed by atoms with Crippen LogP contribution in [-0.2, 0) is 0 Å². The Kier molecular flexibility index (Phi) is 5.09. The molecule has 2 heteroatoms. The second-order valence-electron chi connectivity index (χ2n) is 4.00. The van der Waals surface area contributed by atoms with Gasteiger partial charge in [0.25, 0.3) is 0 Å². The van der Waals surface area contributed by atoms with Crippen molar-refractivity contribution in [2.24, 2.45) is 5.73 Å². The highest BCUT2D eigenvalue weighted by Gasteiger charge is 2.07. The predicted molar refractivity (Wildman–Crippen MR) is 57.7 cm³/mol. The van der Waals surface area contributed by atoms with E-state index in [0.29, 0.717) is 6.54 Å². The molecule has 1 rings (SSSR count). The van der Waals surface area contributed by atoms with Crippen LogP contribution >= 0.6 is 0 Å². The minimum Gasteiger partial charge on any atom is -0.327 e. The summed E-state index contributed by atoms with van der Waals surface area (Å²) in [5.74, 6) is 0. The first-order valence-electron chi connectivity index (χ1n) is 5.42. The van der Waals surface area contributed by atoms with Crippen molar-refractivity contribution in [2.75, 3.05) is 26.2 Å². The summed E-state index contributed by atoms with van der Waals surface area (Å²) in [5, 5.41) is 0. The Labute approximate surface area is 81.8 Å².